The summed E-state index contributed by atoms with van der Waals surface area (Å²) in [5.74, 6) is 3.58. The Kier molecular flexibility index (Phi) is 9.78. The zero-order valence-electron chi connectivity index (χ0n) is 28.1. The third kappa shape index (κ3) is 7.21. The fraction of sp³-hybridized carbons (Fsp3) is 0.371. The summed E-state index contributed by atoms with van der Waals surface area (Å²) in [6, 6.07) is 21.6. The first-order valence-corrected chi connectivity index (χ1v) is 17.8. The number of anilines is 6. The van der Waals surface area contributed by atoms with Crippen molar-refractivity contribution in [2.45, 2.75) is 25.9 Å². The van der Waals surface area contributed by atoms with Crippen molar-refractivity contribution < 1.29 is 22.6 Å². The first kappa shape index (κ1) is 33.2. The van der Waals surface area contributed by atoms with E-state index in [0.29, 0.717) is 49.5 Å². The van der Waals surface area contributed by atoms with E-state index >= 15 is 0 Å². The minimum Gasteiger partial charge on any atom is -0.497 e. The highest BCUT2D eigenvalue weighted by Gasteiger charge is 2.32. The van der Waals surface area contributed by atoms with Crippen molar-refractivity contribution in [3.63, 3.8) is 0 Å². The SMILES string of the molecule is COc1ccc(CN2CC(C)c3c(NCc4ccccc4N(C)S(C)(=O)=O)nc(Nc4ccc(N5CCOCC5)cc4OC)nc32)cc1. The topological polar surface area (TPSA) is 121 Å². The minimum atomic E-state index is -3.45. The van der Waals surface area contributed by atoms with E-state index in [4.69, 9.17) is 24.2 Å². The Bertz CT molecular complexity index is 1850. The number of fused-ring (bicyclic) bond motifs is 1. The van der Waals surface area contributed by atoms with Gasteiger partial charge in [0.05, 0.1) is 45.1 Å². The van der Waals surface area contributed by atoms with Crippen LogP contribution in [0.3, 0.4) is 0 Å². The summed E-state index contributed by atoms with van der Waals surface area (Å²) in [4.78, 5) is 14.6. The summed E-state index contributed by atoms with van der Waals surface area (Å²) in [6.07, 6.45) is 1.20. The normalized spacial score (nSPS) is 16.0. The molecular weight excluding hydrogens is 630 g/mol. The molecule has 1 fully saturated rings. The Hall–Kier alpha value is -4.75. The highest BCUT2D eigenvalue weighted by molar-refractivity contribution is 7.92. The lowest BCUT2D eigenvalue weighted by molar-refractivity contribution is 0.122. The van der Waals surface area contributed by atoms with Crippen molar-refractivity contribution in [3.8, 4) is 11.5 Å². The number of nitrogens with zero attached hydrogens (tertiary/aromatic N) is 5. The molecule has 0 aliphatic carbocycles. The van der Waals surface area contributed by atoms with Gasteiger partial charge in [-0.05, 0) is 41.5 Å². The van der Waals surface area contributed by atoms with Crippen LogP contribution in [0.25, 0.3) is 0 Å². The third-order valence-corrected chi connectivity index (χ3v) is 10.0. The second-order valence-corrected chi connectivity index (χ2v) is 14.1. The standard InChI is InChI=1S/C35H43N7O5S/c1-24-22-42(23-25-10-13-28(45-3)14-11-25)34-32(24)33(36-21-26-8-6-7-9-30(26)40(2)48(5,43)44)38-35(39-34)37-29-15-12-27(20-31(29)46-4)41-16-18-47-19-17-41/h6-15,20,24H,16-19,21-23H2,1-5H3,(H2,36,37,38,39). The second kappa shape index (κ2) is 14.2. The van der Waals surface area contributed by atoms with Crippen LogP contribution in [0.15, 0.2) is 66.7 Å². The third-order valence-electron chi connectivity index (χ3n) is 8.83. The molecule has 254 valence electrons. The number of morpholine rings is 1. The molecule has 0 radical (unpaired) electrons. The smallest absolute Gasteiger partial charge is 0.232 e. The van der Waals surface area contributed by atoms with E-state index < -0.39 is 10.0 Å². The average molecular weight is 674 g/mol. The number of rotatable bonds is 12. The maximum atomic E-state index is 12.4. The maximum absolute atomic E-state index is 12.4. The number of hydrogen-bond donors (Lipinski definition) is 2. The molecule has 1 aromatic heterocycles. The van der Waals surface area contributed by atoms with Crippen molar-refractivity contribution in [1.82, 2.24) is 9.97 Å². The lowest BCUT2D eigenvalue weighted by Gasteiger charge is -2.29. The molecule has 3 aromatic carbocycles. The predicted molar refractivity (Wildman–Crippen MR) is 191 cm³/mol. The van der Waals surface area contributed by atoms with Crippen molar-refractivity contribution >= 4 is 44.7 Å². The van der Waals surface area contributed by atoms with Gasteiger partial charge in [0.1, 0.15) is 23.1 Å². The van der Waals surface area contributed by atoms with E-state index in [1.165, 1.54) is 10.6 Å². The van der Waals surface area contributed by atoms with E-state index in [1.807, 2.05) is 48.5 Å². The largest absolute Gasteiger partial charge is 0.497 e. The molecule has 4 aromatic rings. The molecule has 3 heterocycles. The fourth-order valence-electron chi connectivity index (χ4n) is 6.19. The second-order valence-electron chi connectivity index (χ2n) is 12.1. The molecular formula is C35H43N7O5S. The number of sulfonamides is 1. The number of ether oxygens (including phenoxy) is 3. The molecule has 6 rings (SSSR count). The van der Waals surface area contributed by atoms with Crippen LogP contribution in [0.2, 0.25) is 0 Å². The van der Waals surface area contributed by atoms with Gasteiger partial charge in [-0.2, -0.15) is 9.97 Å². The number of hydrogen-bond acceptors (Lipinski definition) is 11. The monoisotopic (exact) mass is 673 g/mol. The van der Waals surface area contributed by atoms with Crippen LogP contribution in [0.1, 0.15) is 29.5 Å². The molecule has 13 heteroatoms. The van der Waals surface area contributed by atoms with Gasteiger partial charge in [-0.3, -0.25) is 4.31 Å². The van der Waals surface area contributed by atoms with Gasteiger partial charge >= 0.3 is 0 Å². The molecule has 0 amide bonds. The molecule has 12 nitrogen and oxygen atoms in total. The van der Waals surface area contributed by atoms with Gasteiger partial charge < -0.3 is 34.6 Å². The van der Waals surface area contributed by atoms with Gasteiger partial charge in [0.25, 0.3) is 0 Å². The van der Waals surface area contributed by atoms with Crippen LogP contribution in [-0.4, -0.2) is 78.8 Å². The van der Waals surface area contributed by atoms with Crippen LogP contribution in [0, 0.1) is 0 Å². The Morgan fingerprint density at radius 2 is 1.75 bits per heavy atom. The highest BCUT2D eigenvalue weighted by atomic mass is 32.2. The first-order chi connectivity index (χ1) is 23.1. The quantitative estimate of drug-likeness (QED) is 0.206. The Labute approximate surface area is 282 Å². The van der Waals surface area contributed by atoms with E-state index in [0.717, 1.165) is 59.3 Å². The molecule has 0 spiro atoms. The van der Waals surface area contributed by atoms with E-state index in [1.54, 1.807) is 21.3 Å². The van der Waals surface area contributed by atoms with Gasteiger partial charge in [0.15, 0.2) is 0 Å². The summed E-state index contributed by atoms with van der Waals surface area (Å²) in [5.41, 5.74) is 5.39. The predicted octanol–water partition coefficient (Wildman–Crippen LogP) is 5.21. The van der Waals surface area contributed by atoms with Crippen molar-refractivity contribution in [2.75, 3.05) is 85.1 Å². The number of benzene rings is 3. The van der Waals surface area contributed by atoms with Crippen LogP contribution < -0.4 is 34.2 Å². The zero-order chi connectivity index (χ0) is 33.8. The van der Waals surface area contributed by atoms with Gasteiger partial charge in [-0.25, -0.2) is 8.42 Å². The molecule has 2 aliphatic rings. The van der Waals surface area contributed by atoms with Gasteiger partial charge in [0, 0.05) is 63.0 Å². The van der Waals surface area contributed by atoms with Crippen LogP contribution in [0.5, 0.6) is 11.5 Å². The molecule has 1 atom stereocenters. The van der Waals surface area contributed by atoms with E-state index in [-0.39, 0.29) is 5.92 Å². The summed E-state index contributed by atoms with van der Waals surface area (Å²) >= 11 is 0. The number of methoxy groups -OCH3 is 2. The molecule has 1 saturated heterocycles. The van der Waals surface area contributed by atoms with Crippen molar-refractivity contribution in [2.24, 2.45) is 0 Å². The van der Waals surface area contributed by atoms with Crippen molar-refractivity contribution in [3.05, 3.63) is 83.4 Å². The molecule has 1 unspecified atom stereocenters. The van der Waals surface area contributed by atoms with Crippen LogP contribution in [-0.2, 0) is 27.8 Å². The zero-order valence-corrected chi connectivity index (χ0v) is 28.9. The first-order valence-electron chi connectivity index (χ1n) is 16.0. The van der Waals surface area contributed by atoms with Gasteiger partial charge in [-0.15, -0.1) is 0 Å². The van der Waals surface area contributed by atoms with E-state index in [9.17, 15) is 8.42 Å². The maximum Gasteiger partial charge on any atom is 0.232 e. The van der Waals surface area contributed by atoms with Crippen LogP contribution >= 0.6 is 0 Å². The summed E-state index contributed by atoms with van der Waals surface area (Å²) < 4.78 is 42.8. The Balaban J connectivity index is 1.35. The molecule has 2 N–H and O–H groups in total. The Morgan fingerprint density at radius 1 is 1.00 bits per heavy atom. The number of aromatic nitrogens is 2. The number of nitrogens with one attached hydrogen (secondary N) is 2. The summed E-state index contributed by atoms with van der Waals surface area (Å²) in [7, 11) is 1.44. The molecule has 48 heavy (non-hydrogen) atoms. The fourth-order valence-corrected chi connectivity index (χ4v) is 6.72. The van der Waals surface area contributed by atoms with Gasteiger partial charge in [0.2, 0.25) is 16.0 Å². The summed E-state index contributed by atoms with van der Waals surface area (Å²) in [5, 5.41) is 6.96. The van der Waals surface area contributed by atoms with Crippen LogP contribution in [0.4, 0.5) is 34.6 Å². The highest BCUT2D eigenvalue weighted by Crippen LogP contribution is 2.42. The van der Waals surface area contributed by atoms with Crippen molar-refractivity contribution in [1.29, 1.82) is 0 Å². The molecule has 0 saturated carbocycles. The lowest BCUT2D eigenvalue weighted by Crippen LogP contribution is -2.36. The van der Waals surface area contributed by atoms with Gasteiger partial charge in [-0.1, -0.05) is 37.3 Å². The lowest BCUT2D eigenvalue weighted by atomic mass is 10.1. The molecule has 0 bridgehead atoms. The minimum absolute atomic E-state index is 0.145. The summed E-state index contributed by atoms with van der Waals surface area (Å²) in [6.45, 7) is 7.00. The number of para-hydroxylation sites is 1. The van der Waals surface area contributed by atoms with E-state index in [2.05, 4.69) is 45.6 Å². The molecule has 2 aliphatic heterocycles. The Morgan fingerprint density at radius 3 is 2.46 bits per heavy atom. The average Bonchev–Trinajstić information content (AvgIpc) is 3.41.